The third kappa shape index (κ3) is 38.7. The van der Waals surface area contributed by atoms with Gasteiger partial charge in [0.1, 0.15) is 6.61 Å². The van der Waals surface area contributed by atoms with Crippen LogP contribution in [0, 0.1) is 0 Å². The third-order valence-electron chi connectivity index (χ3n) is 8.67. The number of carboxylic acids is 1. The largest absolute Gasteiger partial charge is 0.477 e. The fourth-order valence-electron chi connectivity index (χ4n) is 5.36. The van der Waals surface area contributed by atoms with Crippen LogP contribution in [0.1, 0.15) is 117 Å². The lowest BCUT2D eigenvalue weighted by molar-refractivity contribution is -0.887. The third-order valence-corrected chi connectivity index (χ3v) is 8.67. The topological polar surface area (TPSA) is 99.1 Å². The second kappa shape index (κ2) is 40.3. The Bertz CT molecular complexity index is 1420. The van der Waals surface area contributed by atoms with Crippen LogP contribution in [-0.4, -0.2) is 80.6 Å². The molecule has 0 amide bonds. The molecule has 0 heterocycles. The van der Waals surface area contributed by atoms with Crippen LogP contribution in [0.15, 0.2) is 134 Å². The molecule has 8 nitrogen and oxygen atoms in total. The van der Waals surface area contributed by atoms with E-state index in [1.54, 1.807) is 0 Å². The summed E-state index contributed by atoms with van der Waals surface area (Å²) < 4.78 is 17.1. The number of carboxylic acid groups (broad SMARTS) is 1. The number of allylic oxidation sites excluding steroid dienone is 22. The zero-order valence-corrected chi connectivity index (χ0v) is 37.1. The van der Waals surface area contributed by atoms with Crippen LogP contribution in [0.5, 0.6) is 0 Å². The van der Waals surface area contributed by atoms with E-state index in [1.165, 1.54) is 0 Å². The first kappa shape index (κ1) is 54.5. The van der Waals surface area contributed by atoms with E-state index in [0.29, 0.717) is 19.3 Å². The normalized spacial score (nSPS) is 14.3. The highest BCUT2D eigenvalue weighted by Gasteiger charge is 2.31. The highest BCUT2D eigenvalue weighted by molar-refractivity contribution is 5.72. The van der Waals surface area contributed by atoms with E-state index in [-0.39, 0.29) is 49.1 Å². The first-order valence-electron chi connectivity index (χ1n) is 21.8. The molecular formula is C51H78NO7+. The number of esters is 2. The molecule has 0 aliphatic heterocycles. The van der Waals surface area contributed by atoms with Crippen LogP contribution in [0.25, 0.3) is 0 Å². The Hall–Kier alpha value is -4.53. The Balaban J connectivity index is 4.53. The summed E-state index contributed by atoms with van der Waals surface area (Å²) in [6.07, 6.45) is 58.0. The molecule has 0 rings (SSSR count). The van der Waals surface area contributed by atoms with Crippen molar-refractivity contribution in [3.63, 3.8) is 0 Å². The highest BCUT2D eigenvalue weighted by atomic mass is 16.6. The maximum absolute atomic E-state index is 12.7. The van der Waals surface area contributed by atoms with E-state index in [1.807, 2.05) is 75.8 Å². The van der Waals surface area contributed by atoms with E-state index in [9.17, 15) is 19.5 Å². The predicted molar refractivity (Wildman–Crippen MR) is 247 cm³/mol. The number of aliphatic carboxylic acids is 1. The van der Waals surface area contributed by atoms with Gasteiger partial charge in [0.05, 0.1) is 34.4 Å². The zero-order valence-electron chi connectivity index (χ0n) is 37.1. The van der Waals surface area contributed by atoms with Gasteiger partial charge in [-0.1, -0.05) is 154 Å². The number of hydrogen-bond acceptors (Lipinski definition) is 6. The second-order valence-corrected chi connectivity index (χ2v) is 15.0. The fourth-order valence-corrected chi connectivity index (χ4v) is 5.36. The van der Waals surface area contributed by atoms with Gasteiger partial charge >= 0.3 is 17.9 Å². The van der Waals surface area contributed by atoms with Gasteiger partial charge in [-0.3, -0.25) is 9.59 Å². The number of hydrogen-bond donors (Lipinski definition) is 1. The average Bonchev–Trinajstić information content (AvgIpc) is 3.19. The summed E-state index contributed by atoms with van der Waals surface area (Å²) in [5.41, 5.74) is 0. The van der Waals surface area contributed by atoms with E-state index in [0.717, 1.165) is 70.6 Å². The Morgan fingerprint density at radius 1 is 0.525 bits per heavy atom. The van der Waals surface area contributed by atoms with E-state index >= 15 is 0 Å². The second-order valence-electron chi connectivity index (χ2n) is 15.0. The molecule has 0 aliphatic carbocycles. The number of unbranched alkanes of at least 4 members (excludes halogenated alkanes) is 4. The van der Waals surface area contributed by atoms with Crippen molar-refractivity contribution < 1.29 is 38.2 Å². The van der Waals surface area contributed by atoms with Crippen LogP contribution in [0.3, 0.4) is 0 Å². The number of carbonyl (C=O) groups is 3. The van der Waals surface area contributed by atoms with Crippen molar-refractivity contribution >= 4 is 17.9 Å². The molecule has 2 unspecified atom stereocenters. The van der Waals surface area contributed by atoms with Crippen molar-refractivity contribution in [2.24, 2.45) is 0 Å². The summed E-state index contributed by atoms with van der Waals surface area (Å²) >= 11 is 0. The van der Waals surface area contributed by atoms with Gasteiger partial charge < -0.3 is 23.8 Å². The lowest BCUT2D eigenvalue weighted by Crippen LogP contribution is -2.50. The minimum absolute atomic E-state index is 0.0138. The number of quaternary nitrogens is 1. The van der Waals surface area contributed by atoms with Crippen molar-refractivity contribution in [1.29, 1.82) is 0 Å². The summed E-state index contributed by atoms with van der Waals surface area (Å²) in [7, 11) is 5.47. The molecule has 328 valence electrons. The van der Waals surface area contributed by atoms with Gasteiger partial charge in [-0.2, -0.15) is 0 Å². The average molecular weight is 817 g/mol. The molecule has 0 fully saturated rings. The fraction of sp³-hybridized carbons (Fsp3) is 0.510. The standard InChI is InChI=1S/C51H77NO7/c1-6-8-10-12-14-16-18-20-21-22-23-24-25-26-27-28-30-32-34-36-38-40-42-50(54)59-47(45-57-44-43-48(51(55)56)52(3,4)5)46-58-49(53)41-39-37-35-33-31-29-19-17-15-13-11-9-7-2/h8-11,13-17,19-21,23-24,26-27,29-33,35,47-48H,6-7,12,18,22,25,28,34,36-46H2,1-5H3/p+1/b10-8+,11-9+,15-13+,16-14+,19-17+,21-20+,24-23+,27-26+,31-29+,32-30+,35-33+. The van der Waals surface area contributed by atoms with E-state index in [4.69, 9.17) is 14.2 Å². The minimum Gasteiger partial charge on any atom is -0.477 e. The lowest BCUT2D eigenvalue weighted by Gasteiger charge is -2.31. The Labute approximate surface area is 358 Å². The van der Waals surface area contributed by atoms with E-state index < -0.39 is 18.1 Å². The minimum atomic E-state index is -0.898. The van der Waals surface area contributed by atoms with Crippen LogP contribution in [-0.2, 0) is 28.6 Å². The molecule has 59 heavy (non-hydrogen) atoms. The molecule has 8 heteroatoms. The van der Waals surface area contributed by atoms with E-state index in [2.05, 4.69) is 92.8 Å². The number of nitrogens with zero attached hydrogens (tertiary/aromatic N) is 1. The summed E-state index contributed by atoms with van der Waals surface area (Å²) in [6.45, 7) is 4.32. The highest BCUT2D eigenvalue weighted by Crippen LogP contribution is 2.11. The van der Waals surface area contributed by atoms with Crippen molar-refractivity contribution in [3.05, 3.63) is 134 Å². The Morgan fingerprint density at radius 2 is 1.00 bits per heavy atom. The van der Waals surface area contributed by atoms with Crippen LogP contribution in [0.4, 0.5) is 0 Å². The monoisotopic (exact) mass is 817 g/mol. The number of ether oxygens (including phenoxy) is 3. The predicted octanol–water partition coefficient (Wildman–Crippen LogP) is 12.0. The van der Waals surface area contributed by atoms with Gasteiger partial charge in [0.25, 0.3) is 0 Å². The molecule has 0 saturated carbocycles. The van der Waals surface area contributed by atoms with Crippen molar-refractivity contribution in [2.75, 3.05) is 41.0 Å². The van der Waals surface area contributed by atoms with Gasteiger partial charge in [-0.25, -0.2) is 4.79 Å². The zero-order chi connectivity index (χ0) is 43.5. The summed E-state index contributed by atoms with van der Waals surface area (Å²) in [4.78, 5) is 36.9. The SMILES string of the molecule is CC/C=C/C=C/C=C/C=C/C=C/CCCC(=O)OCC(COCCC(C(=O)O)[N+](C)(C)C)OC(=O)CCCCC/C=C/C/C=C/C/C=C/C/C=C/C/C=C/C/C=C/CC. The first-order chi connectivity index (χ1) is 28.6. The van der Waals surface area contributed by atoms with Crippen LogP contribution < -0.4 is 0 Å². The van der Waals surface area contributed by atoms with Gasteiger partial charge in [-0.05, 0) is 77.0 Å². The number of rotatable bonds is 36. The van der Waals surface area contributed by atoms with Crippen molar-refractivity contribution in [1.82, 2.24) is 0 Å². The molecule has 0 aromatic heterocycles. The Kier molecular flexibility index (Phi) is 37.2. The maximum Gasteiger partial charge on any atom is 0.362 e. The molecule has 1 N–H and O–H groups in total. The van der Waals surface area contributed by atoms with Gasteiger partial charge in [0.2, 0.25) is 0 Å². The lowest BCUT2D eigenvalue weighted by atomic mass is 10.1. The molecule has 0 saturated heterocycles. The molecule has 0 bridgehead atoms. The number of likely N-dealkylation sites (N-methyl/N-ethyl adjacent to an activating group) is 1. The molecule has 0 radical (unpaired) electrons. The van der Waals surface area contributed by atoms with Gasteiger partial charge in [-0.15, -0.1) is 0 Å². The molecule has 0 aromatic rings. The Morgan fingerprint density at radius 3 is 1.53 bits per heavy atom. The molecule has 0 spiro atoms. The van der Waals surface area contributed by atoms with Gasteiger partial charge in [0, 0.05) is 19.3 Å². The van der Waals surface area contributed by atoms with Crippen LogP contribution in [0.2, 0.25) is 0 Å². The smallest absolute Gasteiger partial charge is 0.362 e. The summed E-state index contributed by atoms with van der Waals surface area (Å²) in [5, 5.41) is 9.61. The summed E-state index contributed by atoms with van der Waals surface area (Å²) in [6, 6.07) is -0.641. The number of carbonyl (C=O) groups excluding carboxylic acids is 2. The molecule has 0 aromatic carbocycles. The maximum atomic E-state index is 12.7. The molecule has 0 aliphatic rings. The van der Waals surface area contributed by atoms with Crippen LogP contribution >= 0.6 is 0 Å². The first-order valence-corrected chi connectivity index (χ1v) is 21.8. The van der Waals surface area contributed by atoms with Crippen molar-refractivity contribution in [2.45, 2.75) is 129 Å². The van der Waals surface area contributed by atoms with Gasteiger partial charge in [0.15, 0.2) is 12.1 Å². The summed E-state index contributed by atoms with van der Waals surface area (Å²) in [5.74, 6) is -1.63. The van der Waals surface area contributed by atoms with Crippen molar-refractivity contribution in [3.8, 4) is 0 Å². The quantitative estimate of drug-likeness (QED) is 0.0221. The molecular weight excluding hydrogens is 739 g/mol. The molecule has 2 atom stereocenters.